The highest BCUT2D eigenvalue weighted by atomic mass is 16.5. The van der Waals surface area contributed by atoms with Gasteiger partial charge in [-0.3, -0.25) is 0 Å². The van der Waals surface area contributed by atoms with Crippen molar-refractivity contribution < 1.29 is 4.52 Å². The van der Waals surface area contributed by atoms with Crippen LogP contribution < -0.4 is 5.73 Å². The van der Waals surface area contributed by atoms with E-state index in [0.717, 1.165) is 6.42 Å². The molecule has 0 saturated carbocycles. The molecule has 2 rings (SSSR count). The normalized spacial score (nSPS) is 14.4. The van der Waals surface area contributed by atoms with Crippen LogP contribution in [0.1, 0.15) is 43.1 Å². The third kappa shape index (κ3) is 2.76. The van der Waals surface area contributed by atoms with Crippen LogP contribution in [0.15, 0.2) is 28.8 Å². The van der Waals surface area contributed by atoms with Crippen molar-refractivity contribution in [3.05, 3.63) is 47.1 Å². The lowest BCUT2D eigenvalue weighted by molar-refractivity contribution is 0.290. The van der Waals surface area contributed by atoms with E-state index >= 15 is 0 Å². The zero-order valence-corrected chi connectivity index (χ0v) is 11.1. The fraction of sp³-hybridized carbons (Fsp3) is 0.429. The Morgan fingerprint density at radius 1 is 1.28 bits per heavy atom. The van der Waals surface area contributed by atoms with Crippen molar-refractivity contribution in [3.8, 4) is 0 Å². The van der Waals surface area contributed by atoms with Gasteiger partial charge in [0.2, 0.25) is 5.89 Å². The molecule has 0 radical (unpaired) electrons. The number of aryl methyl sites for hydroxylation is 1. The van der Waals surface area contributed by atoms with Gasteiger partial charge in [-0.25, -0.2) is 0 Å². The number of nitrogens with zero attached hydrogens (tertiary/aromatic N) is 2. The Hall–Kier alpha value is -1.68. The lowest BCUT2D eigenvalue weighted by Crippen LogP contribution is -2.32. The first-order chi connectivity index (χ1) is 8.51. The van der Waals surface area contributed by atoms with Crippen LogP contribution in [-0.4, -0.2) is 10.1 Å². The molecule has 0 fully saturated rings. The summed E-state index contributed by atoms with van der Waals surface area (Å²) in [6.45, 7) is 5.97. The van der Waals surface area contributed by atoms with E-state index in [4.69, 9.17) is 10.3 Å². The van der Waals surface area contributed by atoms with Gasteiger partial charge >= 0.3 is 0 Å². The maximum absolute atomic E-state index is 6.07. The molecule has 4 heteroatoms. The molecule has 1 heterocycles. The summed E-state index contributed by atoms with van der Waals surface area (Å²) in [5, 5.41) is 3.98. The van der Waals surface area contributed by atoms with Crippen LogP contribution >= 0.6 is 0 Å². The molecule has 96 valence electrons. The summed E-state index contributed by atoms with van der Waals surface area (Å²) in [6.07, 6.45) is 1.43. The van der Waals surface area contributed by atoms with E-state index in [1.165, 1.54) is 11.1 Å². The van der Waals surface area contributed by atoms with E-state index < -0.39 is 5.54 Å². The van der Waals surface area contributed by atoms with Gasteiger partial charge in [0.15, 0.2) is 5.82 Å². The quantitative estimate of drug-likeness (QED) is 0.899. The Balaban J connectivity index is 2.14. The van der Waals surface area contributed by atoms with Crippen molar-refractivity contribution in [1.29, 1.82) is 0 Å². The lowest BCUT2D eigenvalue weighted by atomic mass is 10.0. The Bertz CT molecular complexity index is 514. The van der Waals surface area contributed by atoms with Gasteiger partial charge in [-0.2, -0.15) is 4.98 Å². The smallest absolute Gasteiger partial charge is 0.246 e. The molecule has 2 N–H and O–H groups in total. The number of aromatic nitrogens is 2. The van der Waals surface area contributed by atoms with Crippen LogP contribution in [0.3, 0.4) is 0 Å². The van der Waals surface area contributed by atoms with Crippen molar-refractivity contribution in [2.45, 2.75) is 39.2 Å². The largest absolute Gasteiger partial charge is 0.337 e. The first-order valence-electron chi connectivity index (χ1n) is 6.19. The summed E-state index contributed by atoms with van der Waals surface area (Å²) in [5.74, 6) is 1.19. The second-order valence-electron chi connectivity index (χ2n) is 4.95. The minimum Gasteiger partial charge on any atom is -0.337 e. The number of hydrogen-bond donors (Lipinski definition) is 1. The van der Waals surface area contributed by atoms with Crippen molar-refractivity contribution >= 4 is 0 Å². The second-order valence-corrected chi connectivity index (χ2v) is 4.95. The summed E-state index contributed by atoms with van der Waals surface area (Å²) in [4.78, 5) is 4.37. The van der Waals surface area contributed by atoms with Gasteiger partial charge < -0.3 is 10.3 Å². The molecule has 0 aliphatic heterocycles. The predicted molar refractivity (Wildman–Crippen MR) is 70.1 cm³/mol. The minimum absolute atomic E-state index is 0.507. The van der Waals surface area contributed by atoms with Gasteiger partial charge in [-0.1, -0.05) is 41.9 Å². The third-order valence-electron chi connectivity index (χ3n) is 3.17. The highest BCUT2D eigenvalue weighted by Gasteiger charge is 2.26. The topological polar surface area (TPSA) is 64.9 Å². The van der Waals surface area contributed by atoms with E-state index in [0.29, 0.717) is 18.1 Å². The Kier molecular flexibility index (Phi) is 3.48. The standard InChI is InChI=1S/C14H19N3O/c1-4-14(3,15)13-16-12(17-18-13)9-11-7-5-10(2)6-8-11/h5-8H,4,9,15H2,1-3H3. The first-order valence-corrected chi connectivity index (χ1v) is 6.19. The molecule has 0 aliphatic rings. The molecule has 0 saturated heterocycles. The fourth-order valence-corrected chi connectivity index (χ4v) is 1.60. The minimum atomic E-state index is -0.543. The molecular weight excluding hydrogens is 226 g/mol. The first kappa shape index (κ1) is 12.8. The molecule has 1 aromatic heterocycles. The second kappa shape index (κ2) is 4.90. The van der Waals surface area contributed by atoms with Crippen molar-refractivity contribution in [3.63, 3.8) is 0 Å². The average Bonchev–Trinajstić information content (AvgIpc) is 2.81. The molecule has 1 aromatic carbocycles. The van der Waals surface area contributed by atoms with Crippen LogP contribution in [0.4, 0.5) is 0 Å². The van der Waals surface area contributed by atoms with E-state index in [9.17, 15) is 0 Å². The van der Waals surface area contributed by atoms with Crippen LogP contribution in [0.5, 0.6) is 0 Å². The number of hydrogen-bond acceptors (Lipinski definition) is 4. The fourth-order valence-electron chi connectivity index (χ4n) is 1.60. The molecule has 0 aliphatic carbocycles. The number of benzene rings is 1. The number of nitrogens with two attached hydrogens (primary N) is 1. The molecule has 0 amide bonds. The summed E-state index contributed by atoms with van der Waals surface area (Å²) in [6, 6.07) is 8.31. The van der Waals surface area contributed by atoms with Gasteiger partial charge in [-0.15, -0.1) is 0 Å². The van der Waals surface area contributed by atoms with E-state index in [-0.39, 0.29) is 0 Å². The molecule has 0 bridgehead atoms. The van der Waals surface area contributed by atoms with Gasteiger partial charge in [0.25, 0.3) is 0 Å². The van der Waals surface area contributed by atoms with Crippen LogP contribution in [0.25, 0.3) is 0 Å². The van der Waals surface area contributed by atoms with Crippen LogP contribution in [-0.2, 0) is 12.0 Å². The Morgan fingerprint density at radius 2 is 1.94 bits per heavy atom. The van der Waals surface area contributed by atoms with E-state index in [1.807, 2.05) is 13.8 Å². The van der Waals surface area contributed by atoms with Crippen molar-refractivity contribution in [2.24, 2.45) is 5.73 Å². The molecule has 2 aromatic rings. The highest BCUT2D eigenvalue weighted by Crippen LogP contribution is 2.19. The Morgan fingerprint density at radius 3 is 2.56 bits per heavy atom. The summed E-state index contributed by atoms with van der Waals surface area (Å²) < 4.78 is 5.23. The average molecular weight is 245 g/mol. The summed E-state index contributed by atoms with van der Waals surface area (Å²) >= 11 is 0. The van der Waals surface area contributed by atoms with Gasteiger partial charge in [0, 0.05) is 6.42 Å². The molecule has 4 nitrogen and oxygen atoms in total. The van der Waals surface area contributed by atoms with Crippen LogP contribution in [0, 0.1) is 6.92 Å². The lowest BCUT2D eigenvalue weighted by Gasteiger charge is -2.16. The zero-order valence-electron chi connectivity index (χ0n) is 11.1. The molecule has 1 atom stereocenters. The highest BCUT2D eigenvalue weighted by molar-refractivity contribution is 5.23. The maximum atomic E-state index is 6.07. The zero-order chi connectivity index (χ0) is 13.2. The SMILES string of the molecule is CCC(C)(N)c1nc(Cc2ccc(C)cc2)no1. The summed E-state index contributed by atoms with van der Waals surface area (Å²) in [5.41, 5.74) is 7.94. The molecule has 18 heavy (non-hydrogen) atoms. The molecular formula is C14H19N3O. The van der Waals surface area contributed by atoms with E-state index in [1.54, 1.807) is 0 Å². The van der Waals surface area contributed by atoms with Gasteiger partial charge in [0.1, 0.15) is 0 Å². The molecule has 1 unspecified atom stereocenters. The van der Waals surface area contributed by atoms with Gasteiger partial charge in [-0.05, 0) is 25.8 Å². The maximum Gasteiger partial charge on any atom is 0.246 e. The third-order valence-corrected chi connectivity index (χ3v) is 3.17. The van der Waals surface area contributed by atoms with Crippen LogP contribution in [0.2, 0.25) is 0 Å². The van der Waals surface area contributed by atoms with Gasteiger partial charge in [0.05, 0.1) is 5.54 Å². The monoisotopic (exact) mass is 245 g/mol. The molecule has 0 spiro atoms. The number of rotatable bonds is 4. The van der Waals surface area contributed by atoms with E-state index in [2.05, 4.69) is 41.3 Å². The van der Waals surface area contributed by atoms with Crippen molar-refractivity contribution in [2.75, 3.05) is 0 Å². The predicted octanol–water partition coefficient (Wildman–Crippen LogP) is 2.55. The van der Waals surface area contributed by atoms with Crippen molar-refractivity contribution in [1.82, 2.24) is 10.1 Å². The summed E-state index contributed by atoms with van der Waals surface area (Å²) in [7, 11) is 0. The Labute approximate surface area is 107 Å².